The van der Waals surface area contributed by atoms with Crippen molar-refractivity contribution in [2.75, 3.05) is 19.6 Å². The lowest BCUT2D eigenvalue weighted by molar-refractivity contribution is -0.140. The molecule has 26 heavy (non-hydrogen) atoms. The SMILES string of the molecule is CCNC(=NCCc1nc(C(F)(F)F)cs1)NCCc1csc(C)n1.I. The van der Waals surface area contributed by atoms with Crippen molar-refractivity contribution in [3.05, 3.63) is 32.2 Å². The fourth-order valence-electron chi connectivity index (χ4n) is 1.99. The van der Waals surface area contributed by atoms with Gasteiger partial charge in [-0.2, -0.15) is 13.2 Å². The largest absolute Gasteiger partial charge is 0.434 e. The lowest BCUT2D eigenvalue weighted by atomic mass is 10.3. The number of nitrogens with one attached hydrogen (secondary N) is 2. The third kappa shape index (κ3) is 7.74. The van der Waals surface area contributed by atoms with Gasteiger partial charge in [0.15, 0.2) is 11.7 Å². The molecule has 2 rings (SSSR count). The van der Waals surface area contributed by atoms with Crippen LogP contribution in [-0.2, 0) is 19.0 Å². The second kappa shape index (κ2) is 11.0. The first-order chi connectivity index (χ1) is 11.9. The van der Waals surface area contributed by atoms with Gasteiger partial charge in [0.05, 0.1) is 15.7 Å². The molecule has 0 atom stereocenters. The fourth-order valence-corrected chi connectivity index (χ4v) is 3.43. The molecule has 0 aliphatic heterocycles. The van der Waals surface area contributed by atoms with Crippen LogP contribution >= 0.6 is 46.7 Å². The molecule has 0 saturated carbocycles. The van der Waals surface area contributed by atoms with E-state index in [0.717, 1.165) is 33.8 Å². The summed E-state index contributed by atoms with van der Waals surface area (Å²) < 4.78 is 37.6. The molecule has 5 nitrogen and oxygen atoms in total. The fraction of sp³-hybridized carbons (Fsp3) is 0.533. The molecule has 0 unspecified atom stereocenters. The van der Waals surface area contributed by atoms with Gasteiger partial charge in [-0.3, -0.25) is 4.99 Å². The summed E-state index contributed by atoms with van der Waals surface area (Å²) in [6.45, 7) is 5.69. The molecule has 2 aromatic rings. The molecule has 146 valence electrons. The van der Waals surface area contributed by atoms with E-state index >= 15 is 0 Å². The van der Waals surface area contributed by atoms with Crippen molar-refractivity contribution in [1.82, 2.24) is 20.6 Å². The second-order valence-electron chi connectivity index (χ2n) is 5.17. The number of thiazole rings is 2. The third-order valence-corrected chi connectivity index (χ3v) is 4.85. The molecular formula is C15H21F3IN5S2. The number of hydrogen-bond donors (Lipinski definition) is 2. The zero-order chi connectivity index (χ0) is 18.3. The number of guanidine groups is 1. The van der Waals surface area contributed by atoms with Crippen molar-refractivity contribution < 1.29 is 13.2 Å². The van der Waals surface area contributed by atoms with Crippen LogP contribution in [0.15, 0.2) is 15.8 Å². The minimum absolute atomic E-state index is 0. The number of aromatic nitrogens is 2. The Kier molecular flexibility index (Phi) is 9.79. The molecular weight excluding hydrogens is 498 g/mol. The Labute approximate surface area is 175 Å². The average Bonchev–Trinajstić information content (AvgIpc) is 3.16. The maximum absolute atomic E-state index is 12.5. The number of aryl methyl sites for hydroxylation is 1. The summed E-state index contributed by atoms with van der Waals surface area (Å²) in [6.07, 6.45) is -3.22. The number of aliphatic imine (C=N–C) groups is 1. The average molecular weight is 519 g/mol. The first kappa shape index (κ1) is 23.1. The van der Waals surface area contributed by atoms with Crippen LogP contribution in [0.2, 0.25) is 0 Å². The van der Waals surface area contributed by atoms with Crippen molar-refractivity contribution in [3.63, 3.8) is 0 Å². The van der Waals surface area contributed by atoms with Gasteiger partial charge in [0.2, 0.25) is 0 Å². The zero-order valence-corrected chi connectivity index (χ0v) is 18.4. The Hall–Kier alpha value is -0.950. The standard InChI is InChI=1S/C15H20F3N5S2.HI/c1-3-19-14(20-6-4-11-8-24-10(2)22-11)21-7-5-13-23-12(9-25-13)15(16,17)18;/h8-9H,3-7H2,1-2H3,(H2,19,20,21);1H. The van der Waals surface area contributed by atoms with Crippen LogP contribution in [0.5, 0.6) is 0 Å². The van der Waals surface area contributed by atoms with Gasteiger partial charge in [-0.25, -0.2) is 9.97 Å². The highest BCUT2D eigenvalue weighted by atomic mass is 127. The lowest BCUT2D eigenvalue weighted by Crippen LogP contribution is -2.38. The Morgan fingerprint density at radius 1 is 1.15 bits per heavy atom. The molecule has 2 heterocycles. The summed E-state index contributed by atoms with van der Waals surface area (Å²) in [5.74, 6) is 0.641. The highest BCUT2D eigenvalue weighted by Gasteiger charge is 2.33. The molecule has 0 aromatic carbocycles. The molecule has 0 saturated heterocycles. The first-order valence-electron chi connectivity index (χ1n) is 7.83. The van der Waals surface area contributed by atoms with Gasteiger partial charge in [0.1, 0.15) is 0 Å². The summed E-state index contributed by atoms with van der Waals surface area (Å²) >= 11 is 2.63. The van der Waals surface area contributed by atoms with Gasteiger partial charge in [-0.15, -0.1) is 46.7 Å². The third-order valence-electron chi connectivity index (χ3n) is 3.12. The van der Waals surface area contributed by atoms with Crippen molar-refractivity contribution in [2.45, 2.75) is 32.9 Å². The Balaban J connectivity index is 0.00000338. The normalized spacial score (nSPS) is 12.0. The van der Waals surface area contributed by atoms with Gasteiger partial charge in [-0.1, -0.05) is 0 Å². The summed E-state index contributed by atoms with van der Waals surface area (Å²) in [7, 11) is 0. The molecule has 2 aromatic heterocycles. The van der Waals surface area contributed by atoms with Gasteiger partial charge >= 0.3 is 6.18 Å². The number of halogens is 4. The van der Waals surface area contributed by atoms with E-state index < -0.39 is 11.9 Å². The topological polar surface area (TPSA) is 62.2 Å². The molecule has 0 bridgehead atoms. The van der Waals surface area contributed by atoms with E-state index in [0.29, 0.717) is 37.0 Å². The Morgan fingerprint density at radius 2 is 1.92 bits per heavy atom. The maximum Gasteiger partial charge on any atom is 0.434 e. The molecule has 0 aliphatic carbocycles. The first-order valence-corrected chi connectivity index (χ1v) is 9.59. The maximum atomic E-state index is 12.5. The molecule has 11 heteroatoms. The lowest BCUT2D eigenvalue weighted by Gasteiger charge is -2.10. The minimum Gasteiger partial charge on any atom is -0.357 e. The number of hydrogen-bond acceptors (Lipinski definition) is 5. The van der Waals surface area contributed by atoms with Gasteiger partial charge in [0, 0.05) is 43.2 Å². The summed E-state index contributed by atoms with van der Waals surface area (Å²) in [5, 5.41) is 10.9. The van der Waals surface area contributed by atoms with Crippen LogP contribution in [0.25, 0.3) is 0 Å². The number of alkyl halides is 3. The van der Waals surface area contributed by atoms with E-state index in [-0.39, 0.29) is 24.0 Å². The van der Waals surface area contributed by atoms with E-state index in [1.54, 1.807) is 11.3 Å². The van der Waals surface area contributed by atoms with Crippen LogP contribution < -0.4 is 10.6 Å². The van der Waals surface area contributed by atoms with Crippen LogP contribution in [-0.4, -0.2) is 35.6 Å². The number of nitrogens with zero attached hydrogens (tertiary/aromatic N) is 3. The minimum atomic E-state index is -4.39. The van der Waals surface area contributed by atoms with E-state index in [1.165, 1.54) is 0 Å². The molecule has 0 fully saturated rings. The summed E-state index contributed by atoms with van der Waals surface area (Å²) in [5.41, 5.74) is 0.202. The highest BCUT2D eigenvalue weighted by Crippen LogP contribution is 2.30. The molecule has 0 aliphatic rings. The van der Waals surface area contributed by atoms with E-state index in [9.17, 15) is 13.2 Å². The van der Waals surface area contributed by atoms with Gasteiger partial charge < -0.3 is 10.6 Å². The van der Waals surface area contributed by atoms with Crippen molar-refractivity contribution >= 4 is 52.6 Å². The Bertz CT molecular complexity index is 700. The smallest absolute Gasteiger partial charge is 0.357 e. The van der Waals surface area contributed by atoms with Crippen LogP contribution in [0.1, 0.15) is 28.3 Å². The molecule has 0 amide bonds. The second-order valence-corrected chi connectivity index (χ2v) is 7.17. The van der Waals surface area contributed by atoms with E-state index in [4.69, 9.17) is 0 Å². The highest BCUT2D eigenvalue weighted by molar-refractivity contribution is 14.0. The Morgan fingerprint density at radius 3 is 2.50 bits per heavy atom. The number of rotatable bonds is 7. The zero-order valence-electron chi connectivity index (χ0n) is 14.4. The quantitative estimate of drug-likeness (QED) is 0.331. The predicted molar refractivity (Wildman–Crippen MR) is 111 cm³/mol. The van der Waals surface area contributed by atoms with Crippen LogP contribution in [0, 0.1) is 6.92 Å². The monoisotopic (exact) mass is 519 g/mol. The van der Waals surface area contributed by atoms with Crippen molar-refractivity contribution in [2.24, 2.45) is 4.99 Å². The van der Waals surface area contributed by atoms with Crippen molar-refractivity contribution in [3.8, 4) is 0 Å². The molecule has 2 N–H and O–H groups in total. The van der Waals surface area contributed by atoms with E-state index in [2.05, 4.69) is 25.6 Å². The van der Waals surface area contributed by atoms with E-state index in [1.807, 2.05) is 19.2 Å². The summed E-state index contributed by atoms with van der Waals surface area (Å²) in [6, 6.07) is 0. The van der Waals surface area contributed by atoms with Crippen molar-refractivity contribution in [1.29, 1.82) is 0 Å². The van der Waals surface area contributed by atoms with Crippen LogP contribution in [0.4, 0.5) is 13.2 Å². The van der Waals surface area contributed by atoms with Gasteiger partial charge in [0.25, 0.3) is 0 Å². The summed E-state index contributed by atoms with van der Waals surface area (Å²) in [4.78, 5) is 12.4. The molecule has 0 spiro atoms. The predicted octanol–water partition coefficient (Wildman–Crippen LogP) is 3.89. The van der Waals surface area contributed by atoms with Crippen LogP contribution in [0.3, 0.4) is 0 Å². The van der Waals surface area contributed by atoms with Gasteiger partial charge in [-0.05, 0) is 13.8 Å². The molecule has 0 radical (unpaired) electrons.